The number of carbonyl (C=O) groups excluding carboxylic acids is 2. The molecule has 2 aromatic heterocycles. The van der Waals surface area contributed by atoms with E-state index >= 15 is 0 Å². The third-order valence-corrected chi connectivity index (χ3v) is 4.96. The van der Waals surface area contributed by atoms with Gasteiger partial charge in [-0.25, -0.2) is 4.68 Å². The van der Waals surface area contributed by atoms with Crippen molar-refractivity contribution < 1.29 is 9.59 Å². The minimum absolute atomic E-state index is 0.0776. The van der Waals surface area contributed by atoms with Crippen LogP contribution in [0.15, 0.2) is 23.7 Å². The molecule has 0 saturated carbocycles. The molecule has 1 saturated heterocycles. The number of amides is 2. The first kappa shape index (κ1) is 17.6. The summed E-state index contributed by atoms with van der Waals surface area (Å²) < 4.78 is 1.79. The average Bonchev–Trinajstić information content (AvgIpc) is 3.34. The predicted molar refractivity (Wildman–Crippen MR) is 94.8 cm³/mol. The Morgan fingerprint density at radius 3 is 2.72 bits per heavy atom. The maximum atomic E-state index is 12.1. The number of nitrogens with zero attached hydrogens (tertiary/aromatic N) is 3. The van der Waals surface area contributed by atoms with E-state index in [4.69, 9.17) is 0 Å². The van der Waals surface area contributed by atoms with E-state index in [0.717, 1.165) is 25.9 Å². The summed E-state index contributed by atoms with van der Waals surface area (Å²) in [4.78, 5) is 24.6. The molecule has 134 valence electrons. The lowest BCUT2D eigenvalue weighted by molar-refractivity contribution is 0.0948. The number of nitrogens with one attached hydrogen (secondary N) is 3. The lowest BCUT2D eigenvalue weighted by Crippen LogP contribution is -2.30. The third kappa shape index (κ3) is 4.86. The maximum absolute atomic E-state index is 12.1. The number of thiophene rings is 1. The Balaban J connectivity index is 1.36. The van der Waals surface area contributed by atoms with Crippen molar-refractivity contribution in [2.24, 2.45) is 0 Å². The van der Waals surface area contributed by atoms with Crippen molar-refractivity contribution in [2.75, 3.05) is 26.2 Å². The molecule has 0 atom stereocenters. The minimum Gasteiger partial charge on any atom is -0.351 e. The highest BCUT2D eigenvalue weighted by Gasteiger charge is 2.18. The SMILES string of the molecule is O=C(NCCCNC(=O)c1cccs1)c1cn(C2CCNCC2)nn1. The number of piperidine rings is 1. The summed E-state index contributed by atoms with van der Waals surface area (Å²) in [6.45, 7) is 2.91. The maximum Gasteiger partial charge on any atom is 0.273 e. The van der Waals surface area contributed by atoms with E-state index < -0.39 is 0 Å². The first-order valence-electron chi connectivity index (χ1n) is 8.46. The van der Waals surface area contributed by atoms with Crippen molar-refractivity contribution in [2.45, 2.75) is 25.3 Å². The summed E-state index contributed by atoms with van der Waals surface area (Å²) in [5.74, 6) is -0.309. The van der Waals surface area contributed by atoms with Crippen LogP contribution in [-0.2, 0) is 0 Å². The average molecular weight is 362 g/mol. The minimum atomic E-state index is -0.232. The van der Waals surface area contributed by atoms with E-state index in [1.165, 1.54) is 11.3 Å². The molecule has 1 fully saturated rings. The highest BCUT2D eigenvalue weighted by molar-refractivity contribution is 7.12. The zero-order valence-corrected chi connectivity index (χ0v) is 14.7. The smallest absolute Gasteiger partial charge is 0.273 e. The molecular weight excluding hydrogens is 340 g/mol. The summed E-state index contributed by atoms with van der Waals surface area (Å²) in [6, 6.07) is 3.94. The van der Waals surface area contributed by atoms with Crippen LogP contribution in [0.1, 0.15) is 45.5 Å². The lowest BCUT2D eigenvalue weighted by atomic mass is 10.1. The summed E-state index contributed by atoms with van der Waals surface area (Å²) in [7, 11) is 0. The Kier molecular flexibility index (Phi) is 6.13. The van der Waals surface area contributed by atoms with Crippen LogP contribution >= 0.6 is 11.3 Å². The Morgan fingerprint density at radius 2 is 2.00 bits per heavy atom. The normalized spacial score (nSPS) is 15.0. The van der Waals surface area contributed by atoms with Gasteiger partial charge >= 0.3 is 0 Å². The van der Waals surface area contributed by atoms with Crippen molar-refractivity contribution in [1.82, 2.24) is 30.9 Å². The van der Waals surface area contributed by atoms with Crippen molar-refractivity contribution in [3.63, 3.8) is 0 Å². The van der Waals surface area contributed by atoms with Gasteiger partial charge in [0.2, 0.25) is 0 Å². The third-order valence-electron chi connectivity index (χ3n) is 4.10. The van der Waals surface area contributed by atoms with Gasteiger partial charge in [0.1, 0.15) is 0 Å². The van der Waals surface area contributed by atoms with Crippen LogP contribution in [0.4, 0.5) is 0 Å². The number of carbonyl (C=O) groups is 2. The van der Waals surface area contributed by atoms with Gasteiger partial charge < -0.3 is 16.0 Å². The van der Waals surface area contributed by atoms with Gasteiger partial charge in [0.15, 0.2) is 5.69 Å². The van der Waals surface area contributed by atoms with Crippen molar-refractivity contribution in [3.05, 3.63) is 34.3 Å². The van der Waals surface area contributed by atoms with Crippen LogP contribution in [0.5, 0.6) is 0 Å². The second-order valence-corrected chi connectivity index (χ2v) is 6.86. The Morgan fingerprint density at radius 1 is 1.24 bits per heavy atom. The van der Waals surface area contributed by atoms with Crippen molar-refractivity contribution in [3.8, 4) is 0 Å². The molecule has 8 nitrogen and oxygen atoms in total. The Hall–Kier alpha value is -2.26. The van der Waals surface area contributed by atoms with Gasteiger partial charge in [-0.05, 0) is 43.8 Å². The van der Waals surface area contributed by atoms with Crippen LogP contribution in [0.3, 0.4) is 0 Å². The molecule has 1 aliphatic heterocycles. The number of rotatable bonds is 7. The largest absolute Gasteiger partial charge is 0.351 e. The van der Waals surface area contributed by atoms with Crippen LogP contribution < -0.4 is 16.0 Å². The molecule has 0 aliphatic carbocycles. The van der Waals surface area contributed by atoms with Crippen LogP contribution in [0.25, 0.3) is 0 Å². The molecule has 2 aromatic rings. The summed E-state index contributed by atoms with van der Waals surface area (Å²) in [5.41, 5.74) is 0.334. The molecule has 3 heterocycles. The quantitative estimate of drug-likeness (QED) is 0.633. The van der Waals surface area contributed by atoms with Gasteiger partial charge in [0.25, 0.3) is 11.8 Å². The second kappa shape index (κ2) is 8.72. The zero-order valence-electron chi connectivity index (χ0n) is 13.9. The van der Waals surface area contributed by atoms with E-state index in [-0.39, 0.29) is 11.8 Å². The van der Waals surface area contributed by atoms with Gasteiger partial charge in [-0.3, -0.25) is 9.59 Å². The van der Waals surface area contributed by atoms with Crippen LogP contribution in [-0.4, -0.2) is 53.0 Å². The van der Waals surface area contributed by atoms with Crippen LogP contribution in [0.2, 0.25) is 0 Å². The first-order valence-corrected chi connectivity index (χ1v) is 9.34. The number of hydrogen-bond acceptors (Lipinski definition) is 6. The van der Waals surface area contributed by atoms with Gasteiger partial charge in [-0.15, -0.1) is 16.4 Å². The lowest BCUT2D eigenvalue weighted by Gasteiger charge is -2.22. The fourth-order valence-corrected chi connectivity index (χ4v) is 3.35. The Labute approximate surface area is 150 Å². The van der Waals surface area contributed by atoms with Crippen molar-refractivity contribution in [1.29, 1.82) is 0 Å². The first-order chi connectivity index (χ1) is 12.2. The van der Waals surface area contributed by atoms with Crippen molar-refractivity contribution >= 4 is 23.2 Å². The standard InChI is InChI=1S/C16H22N6O2S/c23-15(13-11-22(21-20-13)12-4-8-17-9-5-12)18-6-2-7-19-16(24)14-3-1-10-25-14/h1,3,10-12,17H,2,4-9H2,(H,18,23)(H,19,24). The van der Waals surface area contributed by atoms with E-state index in [0.29, 0.717) is 36.1 Å². The van der Waals surface area contributed by atoms with E-state index in [1.807, 2.05) is 11.4 Å². The zero-order chi connectivity index (χ0) is 17.5. The van der Waals surface area contributed by atoms with Gasteiger partial charge in [0, 0.05) is 13.1 Å². The summed E-state index contributed by atoms with van der Waals surface area (Å²) >= 11 is 1.41. The van der Waals surface area contributed by atoms with Gasteiger partial charge in [0.05, 0.1) is 17.1 Å². The fourth-order valence-electron chi connectivity index (χ4n) is 2.71. The van der Waals surface area contributed by atoms with E-state index in [1.54, 1.807) is 16.9 Å². The van der Waals surface area contributed by atoms with Gasteiger partial charge in [-0.1, -0.05) is 11.3 Å². The molecule has 3 N–H and O–H groups in total. The Bertz CT molecular complexity index is 693. The summed E-state index contributed by atoms with van der Waals surface area (Å²) in [5, 5.41) is 18.8. The fraction of sp³-hybridized carbons (Fsp3) is 0.500. The highest BCUT2D eigenvalue weighted by atomic mass is 32.1. The molecular formula is C16H22N6O2S. The highest BCUT2D eigenvalue weighted by Crippen LogP contribution is 2.16. The number of hydrogen-bond donors (Lipinski definition) is 3. The number of aromatic nitrogens is 3. The second-order valence-electron chi connectivity index (χ2n) is 5.91. The van der Waals surface area contributed by atoms with E-state index in [2.05, 4.69) is 26.3 Å². The summed E-state index contributed by atoms with van der Waals surface area (Å²) in [6.07, 6.45) is 4.36. The molecule has 0 spiro atoms. The molecule has 0 aromatic carbocycles. The monoisotopic (exact) mass is 362 g/mol. The van der Waals surface area contributed by atoms with Gasteiger partial charge in [-0.2, -0.15) is 0 Å². The molecule has 0 unspecified atom stereocenters. The molecule has 0 bridgehead atoms. The van der Waals surface area contributed by atoms with E-state index in [9.17, 15) is 9.59 Å². The molecule has 1 aliphatic rings. The predicted octanol–water partition coefficient (Wildman–Crippen LogP) is 0.814. The van der Waals surface area contributed by atoms with Crippen LogP contribution in [0, 0.1) is 0 Å². The molecule has 0 radical (unpaired) electrons. The molecule has 25 heavy (non-hydrogen) atoms. The molecule has 2 amide bonds. The topological polar surface area (TPSA) is 101 Å². The molecule has 3 rings (SSSR count). The molecule has 9 heteroatoms.